The van der Waals surface area contributed by atoms with Crippen LogP contribution in [0.1, 0.15) is 65.8 Å². The van der Waals surface area contributed by atoms with E-state index in [0.29, 0.717) is 11.6 Å². The summed E-state index contributed by atoms with van der Waals surface area (Å²) < 4.78 is 0. The summed E-state index contributed by atoms with van der Waals surface area (Å²) in [5.41, 5.74) is 2.88. The number of aromatic amines is 1. The Labute approximate surface area is 135 Å². The van der Waals surface area contributed by atoms with E-state index in [0.717, 1.165) is 30.5 Å². The van der Waals surface area contributed by atoms with Gasteiger partial charge in [-0.3, -0.25) is 9.89 Å². The molecule has 22 heavy (non-hydrogen) atoms. The third kappa shape index (κ3) is 3.09. The Morgan fingerprint density at radius 3 is 2.86 bits per heavy atom. The normalized spacial score (nSPS) is 16.1. The van der Waals surface area contributed by atoms with Gasteiger partial charge in [-0.1, -0.05) is 26.3 Å². The van der Waals surface area contributed by atoms with Gasteiger partial charge in [0.1, 0.15) is 0 Å². The molecule has 2 N–H and O–H groups in total. The largest absolute Gasteiger partial charge is 0.343 e. The molecule has 0 saturated heterocycles. The minimum atomic E-state index is -0.0495. The van der Waals surface area contributed by atoms with E-state index in [4.69, 9.17) is 0 Å². The van der Waals surface area contributed by atoms with Crippen LogP contribution < -0.4 is 5.32 Å². The Kier molecular flexibility index (Phi) is 4.62. The van der Waals surface area contributed by atoms with Crippen LogP contribution in [0.5, 0.6) is 0 Å². The Morgan fingerprint density at radius 1 is 1.32 bits per heavy atom. The van der Waals surface area contributed by atoms with Crippen molar-refractivity contribution in [1.29, 1.82) is 0 Å². The Bertz CT molecular complexity index is 630. The molecule has 2 heterocycles. The lowest BCUT2D eigenvalue weighted by Gasteiger charge is -2.21. The van der Waals surface area contributed by atoms with E-state index in [1.165, 1.54) is 17.7 Å². The topological polar surface area (TPSA) is 57.8 Å². The molecule has 1 aliphatic rings. The number of amides is 1. The van der Waals surface area contributed by atoms with Crippen molar-refractivity contribution in [1.82, 2.24) is 15.5 Å². The summed E-state index contributed by atoms with van der Waals surface area (Å²) >= 11 is 1.69. The number of thiophene rings is 1. The second-order valence-corrected chi connectivity index (χ2v) is 7.28. The van der Waals surface area contributed by atoms with Crippen molar-refractivity contribution in [2.24, 2.45) is 5.92 Å². The monoisotopic (exact) mass is 317 g/mol. The van der Waals surface area contributed by atoms with E-state index in [1.807, 2.05) is 6.07 Å². The number of aryl methyl sites for hydroxylation is 1. The predicted molar refractivity (Wildman–Crippen MR) is 89.2 cm³/mol. The van der Waals surface area contributed by atoms with Gasteiger partial charge in [-0.25, -0.2) is 0 Å². The Balaban J connectivity index is 1.80. The summed E-state index contributed by atoms with van der Waals surface area (Å²) in [6.45, 7) is 4.27. The smallest absolute Gasteiger partial charge is 0.272 e. The van der Waals surface area contributed by atoms with Crippen molar-refractivity contribution < 1.29 is 4.79 Å². The van der Waals surface area contributed by atoms with Crippen LogP contribution in [0.2, 0.25) is 0 Å². The third-order valence-corrected chi connectivity index (χ3v) is 5.28. The molecule has 118 valence electrons. The third-order valence-electron chi connectivity index (χ3n) is 4.32. The highest BCUT2D eigenvalue weighted by Crippen LogP contribution is 2.27. The number of H-pyrrole nitrogens is 1. The Hall–Kier alpha value is -1.62. The van der Waals surface area contributed by atoms with Crippen molar-refractivity contribution in [2.75, 3.05) is 0 Å². The minimum absolute atomic E-state index is 0.0469. The SMILES string of the molecule is CC(C)[C@@H](NC(=O)c1n[nH]c2c1CCCCC2)c1cccs1. The van der Waals surface area contributed by atoms with E-state index in [1.54, 1.807) is 11.3 Å². The van der Waals surface area contributed by atoms with Gasteiger partial charge in [0.25, 0.3) is 5.91 Å². The highest BCUT2D eigenvalue weighted by Gasteiger charge is 2.25. The van der Waals surface area contributed by atoms with E-state index in [2.05, 4.69) is 40.8 Å². The van der Waals surface area contributed by atoms with Crippen LogP contribution in [0.25, 0.3) is 0 Å². The molecule has 1 atom stereocenters. The first kappa shape index (κ1) is 15.3. The molecule has 4 nitrogen and oxygen atoms in total. The van der Waals surface area contributed by atoms with Gasteiger partial charge < -0.3 is 5.32 Å². The fraction of sp³-hybridized carbons (Fsp3) is 0.529. The fourth-order valence-corrected chi connectivity index (χ4v) is 4.04. The van der Waals surface area contributed by atoms with E-state index in [9.17, 15) is 4.79 Å². The fourth-order valence-electron chi connectivity index (χ4n) is 3.09. The van der Waals surface area contributed by atoms with Crippen LogP contribution in [-0.4, -0.2) is 16.1 Å². The van der Waals surface area contributed by atoms with Gasteiger partial charge in [0.2, 0.25) is 0 Å². The maximum atomic E-state index is 12.7. The average molecular weight is 317 g/mol. The van der Waals surface area contributed by atoms with Crippen molar-refractivity contribution in [3.63, 3.8) is 0 Å². The molecule has 2 aromatic rings. The number of carbonyl (C=O) groups excluding carboxylic acids is 1. The number of hydrogen-bond acceptors (Lipinski definition) is 3. The summed E-state index contributed by atoms with van der Waals surface area (Å²) in [5.74, 6) is 0.298. The predicted octanol–water partition coefficient (Wildman–Crippen LogP) is 3.87. The molecule has 0 radical (unpaired) electrons. The van der Waals surface area contributed by atoms with Gasteiger partial charge in [-0.15, -0.1) is 11.3 Å². The molecule has 0 aliphatic heterocycles. The molecule has 3 rings (SSSR count). The second kappa shape index (κ2) is 6.65. The quantitative estimate of drug-likeness (QED) is 0.841. The number of hydrogen-bond donors (Lipinski definition) is 2. The first-order valence-electron chi connectivity index (χ1n) is 8.07. The van der Waals surface area contributed by atoms with Gasteiger partial charge in [0.05, 0.1) is 6.04 Å². The summed E-state index contributed by atoms with van der Waals surface area (Å²) in [5, 5.41) is 12.6. The molecular weight excluding hydrogens is 294 g/mol. The van der Waals surface area contributed by atoms with Gasteiger partial charge in [-0.2, -0.15) is 5.10 Å². The molecule has 0 fully saturated rings. The zero-order chi connectivity index (χ0) is 15.5. The first-order valence-corrected chi connectivity index (χ1v) is 8.95. The zero-order valence-electron chi connectivity index (χ0n) is 13.2. The molecule has 0 saturated carbocycles. The van der Waals surface area contributed by atoms with Crippen molar-refractivity contribution >= 4 is 17.2 Å². The van der Waals surface area contributed by atoms with Crippen molar-refractivity contribution in [2.45, 2.75) is 52.0 Å². The standard InChI is InChI=1S/C17H23N3OS/c1-11(2)15(14-9-6-10-22-14)18-17(21)16-12-7-4-3-5-8-13(12)19-20-16/h6,9-11,15H,3-5,7-8H2,1-2H3,(H,18,21)(H,19,20)/t15-/m1/s1. The van der Waals surface area contributed by atoms with Crippen LogP contribution in [0.4, 0.5) is 0 Å². The van der Waals surface area contributed by atoms with Gasteiger partial charge in [-0.05, 0) is 43.0 Å². The van der Waals surface area contributed by atoms with Crippen molar-refractivity contribution in [3.8, 4) is 0 Å². The average Bonchev–Trinajstić information content (AvgIpc) is 3.10. The molecule has 0 unspecified atom stereocenters. The maximum Gasteiger partial charge on any atom is 0.272 e. The molecule has 5 heteroatoms. The molecule has 0 spiro atoms. The molecule has 0 bridgehead atoms. The van der Waals surface area contributed by atoms with E-state index in [-0.39, 0.29) is 11.9 Å². The number of carbonyl (C=O) groups is 1. The lowest BCUT2D eigenvalue weighted by atomic mass is 10.0. The number of nitrogens with one attached hydrogen (secondary N) is 2. The van der Waals surface area contributed by atoms with E-state index < -0.39 is 0 Å². The summed E-state index contributed by atoms with van der Waals surface area (Å²) in [6, 6.07) is 4.16. The van der Waals surface area contributed by atoms with Crippen molar-refractivity contribution in [3.05, 3.63) is 39.3 Å². The van der Waals surface area contributed by atoms with Gasteiger partial charge >= 0.3 is 0 Å². The zero-order valence-corrected chi connectivity index (χ0v) is 14.0. The summed E-state index contributed by atoms with van der Waals surface area (Å²) in [6.07, 6.45) is 5.52. The van der Waals surface area contributed by atoms with Crippen LogP contribution in [-0.2, 0) is 12.8 Å². The van der Waals surface area contributed by atoms with Crippen LogP contribution >= 0.6 is 11.3 Å². The lowest BCUT2D eigenvalue weighted by Crippen LogP contribution is -2.32. The van der Waals surface area contributed by atoms with Gasteiger partial charge in [0, 0.05) is 16.1 Å². The number of fused-ring (bicyclic) bond motifs is 1. The highest BCUT2D eigenvalue weighted by atomic mass is 32.1. The Morgan fingerprint density at radius 2 is 2.14 bits per heavy atom. The molecule has 1 amide bonds. The summed E-state index contributed by atoms with van der Waals surface area (Å²) in [7, 11) is 0. The second-order valence-electron chi connectivity index (χ2n) is 6.30. The number of aromatic nitrogens is 2. The maximum absolute atomic E-state index is 12.7. The minimum Gasteiger partial charge on any atom is -0.343 e. The molecular formula is C17H23N3OS. The number of nitrogens with zero attached hydrogens (tertiary/aromatic N) is 1. The van der Waals surface area contributed by atoms with Crippen LogP contribution in [0, 0.1) is 5.92 Å². The van der Waals surface area contributed by atoms with E-state index >= 15 is 0 Å². The molecule has 1 aliphatic carbocycles. The van der Waals surface area contributed by atoms with Gasteiger partial charge in [0.15, 0.2) is 5.69 Å². The molecule has 2 aromatic heterocycles. The first-order chi connectivity index (χ1) is 10.7. The summed E-state index contributed by atoms with van der Waals surface area (Å²) in [4.78, 5) is 13.9. The lowest BCUT2D eigenvalue weighted by molar-refractivity contribution is 0.0920. The van der Waals surface area contributed by atoms with Crippen LogP contribution in [0.15, 0.2) is 17.5 Å². The molecule has 0 aromatic carbocycles. The van der Waals surface area contributed by atoms with Crippen LogP contribution in [0.3, 0.4) is 0 Å². The highest BCUT2D eigenvalue weighted by molar-refractivity contribution is 7.10. The number of rotatable bonds is 4.